The van der Waals surface area contributed by atoms with Gasteiger partial charge in [0.05, 0.1) is 0 Å². The van der Waals surface area contributed by atoms with Crippen molar-refractivity contribution in [1.29, 1.82) is 0 Å². The van der Waals surface area contributed by atoms with E-state index in [9.17, 15) is 0 Å². The molecule has 0 amide bonds. The molecule has 0 N–H and O–H groups in total. The molecule has 3 aliphatic rings. The van der Waals surface area contributed by atoms with E-state index >= 15 is 0 Å². The maximum atomic E-state index is 3.89. The Morgan fingerprint density at radius 3 is 2.00 bits per heavy atom. The summed E-state index contributed by atoms with van der Waals surface area (Å²) in [5, 5.41) is 0. The van der Waals surface area contributed by atoms with Crippen LogP contribution in [0.2, 0.25) is 0 Å². The van der Waals surface area contributed by atoms with Crippen LogP contribution in [-0.4, -0.2) is 0 Å². The van der Waals surface area contributed by atoms with E-state index in [0.29, 0.717) is 0 Å². The van der Waals surface area contributed by atoms with Crippen molar-refractivity contribution in [2.75, 3.05) is 0 Å². The number of hydrogen-bond acceptors (Lipinski definition) is 0. The predicted octanol–water partition coefficient (Wildman–Crippen LogP) is 7.45. The van der Waals surface area contributed by atoms with Gasteiger partial charge in [-0.05, 0) is 30.6 Å². The third-order valence-corrected chi connectivity index (χ3v) is 8.00. The Labute approximate surface area is 214 Å². The third-order valence-electron chi connectivity index (χ3n) is 8.00. The molecule has 3 saturated carbocycles. The van der Waals surface area contributed by atoms with E-state index in [-0.39, 0.29) is 65.4 Å². The Balaban J connectivity index is 0.00000169. The average Bonchev–Trinajstić information content (AvgIpc) is 2.61. The first-order valence-corrected chi connectivity index (χ1v) is 11.1. The molecule has 0 aromatic carbocycles. The van der Waals surface area contributed by atoms with Gasteiger partial charge in [0, 0.05) is 65.4 Å². The molecule has 0 bridgehead atoms. The van der Waals surface area contributed by atoms with Crippen LogP contribution in [0, 0.1) is 47.8 Å². The van der Waals surface area contributed by atoms with Crippen molar-refractivity contribution in [1.82, 2.24) is 0 Å². The predicted molar refractivity (Wildman–Crippen MR) is 106 cm³/mol. The molecule has 0 aromatic heterocycles. The summed E-state index contributed by atoms with van der Waals surface area (Å²) in [4.78, 5) is 0. The third kappa shape index (κ3) is 7.33. The van der Waals surface area contributed by atoms with Crippen molar-refractivity contribution < 1.29 is 65.4 Å². The standard InChI is InChI=1S/C24H41.2Y/c1-4-5-6-20-9-13-22(14-10-20)24-16-15-23(17-19(24)3)21-11-7-18(2)8-12-21;;/h4,17-24H,1,5-16H2,2-3H3;;/q-1;;. The van der Waals surface area contributed by atoms with Crippen molar-refractivity contribution in [3.63, 3.8) is 0 Å². The fraction of sp³-hybridized carbons (Fsp3) is 0.875. The van der Waals surface area contributed by atoms with Crippen molar-refractivity contribution >= 4 is 0 Å². The largest absolute Gasteiger partial charge is 0.322 e. The summed E-state index contributed by atoms with van der Waals surface area (Å²) in [6.45, 7) is 8.89. The van der Waals surface area contributed by atoms with Gasteiger partial charge < -0.3 is 6.42 Å². The van der Waals surface area contributed by atoms with Crippen LogP contribution in [0.1, 0.15) is 90.9 Å². The molecule has 3 rings (SSSR count). The summed E-state index contributed by atoms with van der Waals surface area (Å²) in [7, 11) is 0. The summed E-state index contributed by atoms with van der Waals surface area (Å²) >= 11 is 0. The van der Waals surface area contributed by atoms with E-state index in [1.165, 1.54) is 77.0 Å². The molecule has 2 heteroatoms. The molecule has 0 heterocycles. The summed E-state index contributed by atoms with van der Waals surface area (Å²) < 4.78 is 0. The zero-order valence-electron chi connectivity index (χ0n) is 17.5. The zero-order valence-corrected chi connectivity index (χ0v) is 23.2. The zero-order chi connectivity index (χ0) is 16.9. The van der Waals surface area contributed by atoms with Gasteiger partial charge in [0.1, 0.15) is 0 Å². The smallest absolute Gasteiger partial charge is 0 e. The molecule has 3 aliphatic carbocycles. The summed E-state index contributed by atoms with van der Waals surface area (Å²) in [6.07, 6.45) is 22.6. The molecule has 0 nitrogen and oxygen atoms in total. The molecule has 3 unspecified atom stereocenters. The Morgan fingerprint density at radius 2 is 1.42 bits per heavy atom. The molecule has 3 atom stereocenters. The van der Waals surface area contributed by atoms with E-state index < -0.39 is 0 Å². The van der Waals surface area contributed by atoms with E-state index in [2.05, 4.69) is 32.9 Å². The van der Waals surface area contributed by atoms with Crippen LogP contribution in [-0.2, 0) is 65.4 Å². The van der Waals surface area contributed by atoms with Gasteiger partial charge in [-0.15, -0.1) is 6.58 Å². The van der Waals surface area contributed by atoms with Crippen LogP contribution in [0.3, 0.4) is 0 Å². The van der Waals surface area contributed by atoms with Gasteiger partial charge in [0.25, 0.3) is 0 Å². The molecule has 0 spiro atoms. The average molecular weight is 507 g/mol. The second-order valence-corrected chi connectivity index (χ2v) is 9.62. The summed E-state index contributed by atoms with van der Waals surface area (Å²) in [5.41, 5.74) is 0. The molecular formula is C24H41Y2-. The van der Waals surface area contributed by atoms with Crippen LogP contribution in [0.5, 0.6) is 0 Å². The van der Waals surface area contributed by atoms with Gasteiger partial charge in [0.2, 0.25) is 0 Å². The minimum absolute atomic E-state index is 0. The fourth-order valence-electron chi connectivity index (χ4n) is 6.31. The monoisotopic (exact) mass is 507 g/mol. The Morgan fingerprint density at radius 1 is 0.808 bits per heavy atom. The Bertz CT molecular complexity index is 378. The first-order chi connectivity index (χ1) is 11.7. The second-order valence-electron chi connectivity index (χ2n) is 9.62. The van der Waals surface area contributed by atoms with Crippen LogP contribution in [0.15, 0.2) is 12.7 Å². The van der Waals surface area contributed by atoms with Gasteiger partial charge in [-0.2, -0.15) is 11.8 Å². The van der Waals surface area contributed by atoms with Gasteiger partial charge >= 0.3 is 0 Å². The maximum Gasteiger partial charge on any atom is 0 e. The van der Waals surface area contributed by atoms with E-state index in [1.807, 2.05) is 0 Å². The Kier molecular flexibility index (Phi) is 13.3. The van der Waals surface area contributed by atoms with Crippen LogP contribution >= 0.6 is 0 Å². The minimum atomic E-state index is 0. The summed E-state index contributed by atoms with van der Waals surface area (Å²) in [5.74, 6) is 6.88. The molecular weight excluding hydrogens is 466 g/mol. The van der Waals surface area contributed by atoms with Crippen molar-refractivity contribution in [3.8, 4) is 0 Å². The number of rotatable bonds is 5. The van der Waals surface area contributed by atoms with E-state index in [4.69, 9.17) is 0 Å². The quantitative estimate of drug-likeness (QED) is 0.268. The van der Waals surface area contributed by atoms with E-state index in [1.54, 1.807) is 0 Å². The van der Waals surface area contributed by atoms with Gasteiger partial charge in [0.15, 0.2) is 0 Å². The van der Waals surface area contributed by atoms with Crippen LogP contribution < -0.4 is 0 Å². The first-order valence-electron chi connectivity index (χ1n) is 11.1. The Hall–Kier alpha value is 1.95. The minimum Gasteiger partial charge on any atom is -0.322 e. The SMILES string of the molecule is C=CCCC1CCC(C2CCC(C3CCC(C)CC3)[CH-]C2C)CC1.[Y].[Y]. The maximum absolute atomic E-state index is 3.89. The van der Waals surface area contributed by atoms with Crippen LogP contribution in [0.25, 0.3) is 0 Å². The number of allylic oxidation sites excluding steroid dienone is 1. The molecule has 144 valence electrons. The van der Waals surface area contributed by atoms with Gasteiger partial charge in [-0.3, -0.25) is 0 Å². The molecule has 0 saturated heterocycles. The molecule has 3 fully saturated rings. The van der Waals surface area contributed by atoms with Gasteiger partial charge in [-0.1, -0.05) is 96.0 Å². The normalized spacial score (nSPS) is 40.8. The molecule has 26 heavy (non-hydrogen) atoms. The van der Waals surface area contributed by atoms with Gasteiger partial charge in [-0.25, -0.2) is 0 Å². The van der Waals surface area contributed by atoms with E-state index in [0.717, 1.165) is 41.4 Å². The number of hydrogen-bond donors (Lipinski definition) is 0. The van der Waals surface area contributed by atoms with Crippen molar-refractivity contribution in [2.45, 2.75) is 90.9 Å². The first kappa shape index (κ1) is 26.0. The molecule has 2 radical (unpaired) electrons. The van der Waals surface area contributed by atoms with Crippen molar-refractivity contribution in [2.24, 2.45) is 41.4 Å². The van der Waals surface area contributed by atoms with Crippen LogP contribution in [0.4, 0.5) is 0 Å². The molecule has 0 aromatic rings. The van der Waals surface area contributed by atoms with Crippen molar-refractivity contribution in [3.05, 3.63) is 19.1 Å². The topological polar surface area (TPSA) is 0 Å². The fourth-order valence-corrected chi connectivity index (χ4v) is 6.31. The molecule has 0 aliphatic heterocycles. The summed E-state index contributed by atoms with van der Waals surface area (Å²) in [6, 6.07) is 0. The second kappa shape index (κ2) is 13.3.